The quantitative estimate of drug-likeness (QED) is 0.435. The molecule has 35 heavy (non-hydrogen) atoms. The zero-order chi connectivity index (χ0) is 23.5. The van der Waals surface area contributed by atoms with Gasteiger partial charge >= 0.3 is 0 Å². The smallest absolute Gasteiger partial charge is 0.258 e. The molecule has 0 bridgehead atoms. The highest BCUT2D eigenvalue weighted by molar-refractivity contribution is 6.01. The molecule has 0 radical (unpaired) electrons. The van der Waals surface area contributed by atoms with Crippen LogP contribution in [0.1, 0.15) is 33.5 Å². The van der Waals surface area contributed by atoms with Gasteiger partial charge in [-0.25, -0.2) is 14.0 Å². The summed E-state index contributed by atoms with van der Waals surface area (Å²) in [6, 6.07) is 13.4. The first kappa shape index (κ1) is 19.7. The van der Waals surface area contributed by atoms with Crippen LogP contribution in [0.15, 0.2) is 73.6 Å². The van der Waals surface area contributed by atoms with Crippen molar-refractivity contribution in [2.75, 3.05) is 6.54 Å². The highest BCUT2D eigenvalue weighted by atomic mass is 16.2. The minimum atomic E-state index is -0.389. The predicted molar refractivity (Wildman–Crippen MR) is 128 cm³/mol. The predicted octanol–water partition coefficient (Wildman–Crippen LogP) is 2.89. The van der Waals surface area contributed by atoms with Gasteiger partial charge in [-0.05, 0) is 36.4 Å². The number of H-pyrrole nitrogens is 1. The number of carbonyl (C=O) groups excluding carboxylic acids is 1. The second-order valence-corrected chi connectivity index (χ2v) is 8.74. The number of amides is 1. The van der Waals surface area contributed by atoms with Gasteiger partial charge in [0.15, 0.2) is 0 Å². The summed E-state index contributed by atoms with van der Waals surface area (Å²) >= 11 is 0. The van der Waals surface area contributed by atoms with Crippen LogP contribution in [-0.2, 0) is 13.5 Å². The Hall–Kier alpha value is -4.73. The molecule has 0 aliphatic carbocycles. The van der Waals surface area contributed by atoms with Gasteiger partial charge in [-0.2, -0.15) is 15.3 Å². The van der Waals surface area contributed by atoms with E-state index in [9.17, 15) is 4.79 Å². The second kappa shape index (κ2) is 7.39. The summed E-state index contributed by atoms with van der Waals surface area (Å²) in [4.78, 5) is 23.6. The average molecular weight is 464 g/mol. The molecule has 7 rings (SSSR count). The lowest BCUT2D eigenvalue weighted by molar-refractivity contribution is 0.0689. The number of carbonyl (C=O) groups is 1. The molecular formula is C25H21N9O. The molecule has 0 unspecified atom stereocenters. The maximum Gasteiger partial charge on any atom is 0.258 e. The average Bonchev–Trinajstić information content (AvgIpc) is 3.67. The molecule has 6 aromatic heterocycles. The monoisotopic (exact) mass is 463 g/mol. The first-order valence-corrected chi connectivity index (χ1v) is 11.4. The van der Waals surface area contributed by atoms with Gasteiger partial charge in [0, 0.05) is 49.9 Å². The summed E-state index contributed by atoms with van der Waals surface area (Å²) in [7, 11) is 1.88. The van der Waals surface area contributed by atoms with Crippen molar-refractivity contribution in [1.29, 1.82) is 0 Å². The largest absolute Gasteiger partial charge is 0.348 e. The van der Waals surface area contributed by atoms with E-state index < -0.39 is 0 Å². The topological polar surface area (TPSA) is 101 Å². The van der Waals surface area contributed by atoms with Crippen molar-refractivity contribution < 1.29 is 4.79 Å². The van der Waals surface area contributed by atoms with Crippen molar-refractivity contribution >= 4 is 16.9 Å². The van der Waals surface area contributed by atoms with E-state index >= 15 is 0 Å². The van der Waals surface area contributed by atoms with Crippen LogP contribution in [0.25, 0.3) is 22.3 Å². The van der Waals surface area contributed by atoms with Crippen molar-refractivity contribution in [3.8, 4) is 11.3 Å². The van der Waals surface area contributed by atoms with Gasteiger partial charge in [-0.3, -0.25) is 9.48 Å². The molecule has 10 nitrogen and oxygen atoms in total. The Bertz CT molecular complexity index is 1690. The first-order valence-electron chi connectivity index (χ1n) is 11.4. The number of rotatable bonds is 3. The lowest BCUT2D eigenvalue weighted by Gasteiger charge is -2.33. The van der Waals surface area contributed by atoms with Gasteiger partial charge in [0.25, 0.3) is 5.91 Å². The fourth-order valence-corrected chi connectivity index (χ4v) is 4.91. The van der Waals surface area contributed by atoms with E-state index in [1.54, 1.807) is 21.7 Å². The Morgan fingerprint density at radius 1 is 1.09 bits per heavy atom. The number of aryl methyl sites for hydroxylation is 1. The van der Waals surface area contributed by atoms with Crippen LogP contribution >= 0.6 is 0 Å². The molecule has 1 aliphatic rings. The number of nitrogens with one attached hydrogen (secondary N) is 1. The number of imidazole rings is 1. The third kappa shape index (κ3) is 3.07. The van der Waals surface area contributed by atoms with Crippen LogP contribution in [0.4, 0.5) is 0 Å². The molecule has 1 amide bonds. The molecule has 1 atom stereocenters. The van der Waals surface area contributed by atoms with E-state index in [2.05, 4.69) is 20.2 Å². The Balaban J connectivity index is 1.30. The molecule has 6 aromatic rings. The second-order valence-electron chi connectivity index (χ2n) is 8.74. The van der Waals surface area contributed by atoms with Gasteiger partial charge in [0.2, 0.25) is 0 Å². The van der Waals surface area contributed by atoms with Gasteiger partial charge in [-0.1, -0.05) is 6.07 Å². The minimum absolute atomic E-state index is 0.0960. The Morgan fingerprint density at radius 2 is 2.03 bits per heavy atom. The van der Waals surface area contributed by atoms with Crippen LogP contribution in [0.5, 0.6) is 0 Å². The van der Waals surface area contributed by atoms with Gasteiger partial charge in [-0.15, -0.1) is 0 Å². The van der Waals surface area contributed by atoms with E-state index in [1.165, 1.54) is 0 Å². The number of aromatic amines is 1. The standard InChI is InChI=1S/C25H21N9O/c1-31-10-7-19(29-31)16-5-6-22-18(13-28-34(22)14-16)25(35)32-11-8-20-23(27-15-26-20)24(32)21-12-17-4-2-3-9-33(17)30-21/h2-7,9-10,12-15,24H,8,11H2,1H3,(H,26,27)/t24-/m1/s1. The normalized spacial score (nSPS) is 15.7. The molecule has 10 heteroatoms. The SMILES string of the molecule is Cn1ccc(-c2ccc3c(C(=O)N4CCc5[nH]cnc5[C@H]4c4cc5ccccn5n4)cnn3c2)n1. The highest BCUT2D eigenvalue weighted by Crippen LogP contribution is 2.35. The van der Waals surface area contributed by atoms with Crippen LogP contribution in [-0.4, -0.2) is 56.3 Å². The summed E-state index contributed by atoms with van der Waals surface area (Å²) in [5, 5.41) is 13.7. The summed E-state index contributed by atoms with van der Waals surface area (Å²) in [6.45, 7) is 0.552. The van der Waals surface area contributed by atoms with E-state index in [1.807, 2.05) is 77.5 Å². The van der Waals surface area contributed by atoms with Crippen molar-refractivity contribution in [3.63, 3.8) is 0 Å². The van der Waals surface area contributed by atoms with E-state index in [4.69, 9.17) is 5.10 Å². The molecule has 1 N–H and O–H groups in total. The minimum Gasteiger partial charge on any atom is -0.348 e. The molecule has 0 saturated carbocycles. The van der Waals surface area contributed by atoms with Crippen LogP contribution in [0.2, 0.25) is 0 Å². The summed E-state index contributed by atoms with van der Waals surface area (Å²) in [5.41, 5.74) is 6.70. The Labute approximate surface area is 199 Å². The Morgan fingerprint density at radius 3 is 2.89 bits per heavy atom. The van der Waals surface area contributed by atoms with E-state index in [0.29, 0.717) is 18.5 Å². The zero-order valence-corrected chi connectivity index (χ0v) is 18.9. The molecule has 1 aliphatic heterocycles. The zero-order valence-electron chi connectivity index (χ0n) is 18.9. The molecule has 0 saturated heterocycles. The Kier molecular flexibility index (Phi) is 4.16. The molecule has 0 aromatic carbocycles. The number of hydrogen-bond donors (Lipinski definition) is 1. The fraction of sp³-hybridized carbons (Fsp3) is 0.160. The summed E-state index contributed by atoms with van der Waals surface area (Å²) < 4.78 is 5.32. The van der Waals surface area contributed by atoms with Crippen molar-refractivity contribution in [2.45, 2.75) is 12.5 Å². The van der Waals surface area contributed by atoms with Crippen molar-refractivity contribution in [3.05, 3.63) is 96.2 Å². The number of pyridine rings is 2. The highest BCUT2D eigenvalue weighted by Gasteiger charge is 2.37. The number of fused-ring (bicyclic) bond motifs is 3. The number of hydrogen-bond acceptors (Lipinski definition) is 5. The fourth-order valence-electron chi connectivity index (χ4n) is 4.91. The third-order valence-corrected chi connectivity index (χ3v) is 6.61. The maximum atomic E-state index is 13.9. The van der Waals surface area contributed by atoms with E-state index in [0.717, 1.165) is 39.4 Å². The lowest BCUT2D eigenvalue weighted by atomic mass is 9.98. The molecule has 0 spiro atoms. The number of nitrogens with zero attached hydrogens (tertiary/aromatic N) is 8. The van der Waals surface area contributed by atoms with Gasteiger partial charge in [0.1, 0.15) is 6.04 Å². The summed E-state index contributed by atoms with van der Waals surface area (Å²) in [6.07, 6.45) is 9.74. The molecular weight excluding hydrogens is 442 g/mol. The molecule has 0 fully saturated rings. The van der Waals surface area contributed by atoms with Crippen LogP contribution in [0, 0.1) is 0 Å². The maximum absolute atomic E-state index is 13.9. The van der Waals surface area contributed by atoms with Gasteiger partial charge in [0.05, 0.1) is 46.2 Å². The van der Waals surface area contributed by atoms with E-state index in [-0.39, 0.29) is 11.9 Å². The number of aromatic nitrogens is 8. The van der Waals surface area contributed by atoms with Crippen LogP contribution in [0.3, 0.4) is 0 Å². The first-order chi connectivity index (χ1) is 17.2. The van der Waals surface area contributed by atoms with Crippen molar-refractivity contribution in [1.82, 2.24) is 43.9 Å². The molecule has 172 valence electrons. The lowest BCUT2D eigenvalue weighted by Crippen LogP contribution is -2.41. The van der Waals surface area contributed by atoms with Crippen molar-refractivity contribution in [2.24, 2.45) is 7.05 Å². The summed E-state index contributed by atoms with van der Waals surface area (Å²) in [5.74, 6) is -0.0960. The molecule has 7 heterocycles. The third-order valence-electron chi connectivity index (χ3n) is 6.61. The van der Waals surface area contributed by atoms with Gasteiger partial charge < -0.3 is 9.88 Å². The van der Waals surface area contributed by atoms with Crippen LogP contribution < -0.4 is 0 Å².